The van der Waals surface area contributed by atoms with Crippen LogP contribution in [0, 0.1) is 12.8 Å². The van der Waals surface area contributed by atoms with Crippen molar-refractivity contribution in [1.82, 2.24) is 5.32 Å². The van der Waals surface area contributed by atoms with Gasteiger partial charge in [-0.25, -0.2) is 0 Å². The quantitative estimate of drug-likeness (QED) is 0.633. The minimum absolute atomic E-state index is 0. The van der Waals surface area contributed by atoms with Gasteiger partial charge in [0.25, 0.3) is 0 Å². The molecule has 1 aliphatic carbocycles. The van der Waals surface area contributed by atoms with Crippen LogP contribution in [-0.4, -0.2) is 29.7 Å². The zero-order chi connectivity index (χ0) is 19.1. The Labute approximate surface area is 173 Å². The highest BCUT2D eigenvalue weighted by Crippen LogP contribution is 2.34. The lowest BCUT2D eigenvalue weighted by atomic mass is 10.0. The van der Waals surface area contributed by atoms with E-state index in [-0.39, 0.29) is 36.7 Å². The zero-order valence-corrected chi connectivity index (χ0v) is 18.1. The first kappa shape index (κ1) is 23.8. The fraction of sp³-hybridized carbons (Fsp3) is 0.600. The smallest absolute Gasteiger partial charge is 0.243 e. The highest BCUT2D eigenvalue weighted by atomic mass is 35.5. The van der Waals surface area contributed by atoms with Crippen LogP contribution in [0.4, 0.5) is 5.69 Å². The molecule has 0 aliphatic heterocycles. The number of rotatable bonds is 7. The van der Waals surface area contributed by atoms with Crippen molar-refractivity contribution in [3.8, 4) is 0 Å². The van der Waals surface area contributed by atoms with Crippen LogP contribution in [0.1, 0.15) is 51.5 Å². The molecule has 2 rings (SSSR count). The molecule has 0 spiro atoms. The summed E-state index contributed by atoms with van der Waals surface area (Å²) in [6.07, 6.45) is 6.61. The van der Waals surface area contributed by atoms with Crippen LogP contribution < -0.4 is 16.4 Å². The first-order chi connectivity index (χ1) is 12.4. The average molecular weight is 414 g/mol. The molecular weight excluding hydrogens is 382 g/mol. The Balaban J connectivity index is 0.00000364. The third-order valence-electron chi connectivity index (χ3n) is 4.77. The van der Waals surface area contributed by atoms with E-state index in [4.69, 9.17) is 5.73 Å². The van der Waals surface area contributed by atoms with Crippen LogP contribution in [0.15, 0.2) is 23.1 Å². The minimum Gasteiger partial charge on any atom is -0.346 e. The van der Waals surface area contributed by atoms with E-state index >= 15 is 0 Å². The Hall–Kier alpha value is -1.24. The molecule has 0 heterocycles. The summed E-state index contributed by atoms with van der Waals surface area (Å²) in [6.45, 7) is 5.67. The third-order valence-corrected chi connectivity index (χ3v) is 6.10. The number of amides is 2. The lowest BCUT2D eigenvalue weighted by molar-refractivity contribution is -0.125. The summed E-state index contributed by atoms with van der Waals surface area (Å²) < 4.78 is 0. The van der Waals surface area contributed by atoms with Gasteiger partial charge in [-0.05, 0) is 49.4 Å². The van der Waals surface area contributed by atoms with Crippen LogP contribution >= 0.6 is 24.2 Å². The second-order valence-electron chi connectivity index (χ2n) is 7.39. The first-order valence-corrected chi connectivity index (χ1v) is 10.3. The summed E-state index contributed by atoms with van der Waals surface area (Å²) in [5, 5.41) is 6.16. The Morgan fingerprint density at radius 2 is 1.89 bits per heavy atom. The van der Waals surface area contributed by atoms with Crippen molar-refractivity contribution in [3.63, 3.8) is 0 Å². The van der Waals surface area contributed by atoms with Gasteiger partial charge in [0.15, 0.2) is 0 Å². The van der Waals surface area contributed by atoms with Crippen LogP contribution in [0.5, 0.6) is 0 Å². The van der Waals surface area contributed by atoms with E-state index in [0.29, 0.717) is 5.25 Å². The van der Waals surface area contributed by atoms with Gasteiger partial charge in [0.1, 0.15) is 0 Å². The number of thioether (sulfide) groups is 1. The number of nitrogens with one attached hydrogen (secondary N) is 2. The van der Waals surface area contributed by atoms with Crippen LogP contribution in [-0.2, 0) is 9.59 Å². The molecule has 2 amide bonds. The van der Waals surface area contributed by atoms with E-state index in [1.54, 1.807) is 0 Å². The van der Waals surface area contributed by atoms with Gasteiger partial charge in [-0.1, -0.05) is 33.1 Å². The largest absolute Gasteiger partial charge is 0.346 e. The second kappa shape index (κ2) is 11.6. The molecule has 1 atom stereocenters. The van der Waals surface area contributed by atoms with Crippen molar-refractivity contribution in [2.45, 2.75) is 69.1 Å². The topological polar surface area (TPSA) is 84.2 Å². The van der Waals surface area contributed by atoms with Crippen molar-refractivity contribution in [1.29, 1.82) is 0 Å². The van der Waals surface area contributed by atoms with Crippen molar-refractivity contribution in [2.24, 2.45) is 11.7 Å². The predicted molar refractivity (Wildman–Crippen MR) is 116 cm³/mol. The standard InChI is InChI=1S/C20H31N3O2S.ClH/c1-13(2)19(21)20(25)22-12-18(24)23-17-10-9-16(11-14(17)3)26-15-7-5-4-6-8-15;/h9-11,13,15,19H,4-8,12,21H2,1-3H3,(H,22,25)(H,23,24);1H/t19-;/m0./s1. The third kappa shape index (κ3) is 7.72. The van der Waals surface area contributed by atoms with Gasteiger partial charge < -0.3 is 16.4 Å². The monoisotopic (exact) mass is 413 g/mol. The lowest BCUT2D eigenvalue weighted by Crippen LogP contribution is -2.46. The number of carbonyl (C=O) groups excluding carboxylic acids is 2. The first-order valence-electron chi connectivity index (χ1n) is 9.47. The average Bonchev–Trinajstić information content (AvgIpc) is 2.62. The summed E-state index contributed by atoms with van der Waals surface area (Å²) in [7, 11) is 0. The van der Waals surface area contributed by atoms with Gasteiger partial charge >= 0.3 is 0 Å². The molecule has 152 valence electrons. The predicted octanol–water partition coefficient (Wildman–Crippen LogP) is 3.88. The molecule has 0 unspecified atom stereocenters. The van der Waals surface area contributed by atoms with E-state index in [2.05, 4.69) is 22.8 Å². The number of halogens is 1. The summed E-state index contributed by atoms with van der Waals surface area (Å²) >= 11 is 1.94. The van der Waals surface area contributed by atoms with E-state index < -0.39 is 6.04 Å². The molecular formula is C20H32ClN3O2S. The van der Waals surface area contributed by atoms with Gasteiger partial charge in [0, 0.05) is 15.8 Å². The molecule has 0 bridgehead atoms. The Morgan fingerprint density at radius 1 is 1.22 bits per heavy atom. The highest BCUT2D eigenvalue weighted by molar-refractivity contribution is 8.00. The number of benzene rings is 1. The maximum absolute atomic E-state index is 12.1. The molecule has 1 aliphatic rings. The van der Waals surface area contributed by atoms with Crippen molar-refractivity contribution >= 4 is 41.7 Å². The van der Waals surface area contributed by atoms with Crippen molar-refractivity contribution in [3.05, 3.63) is 23.8 Å². The van der Waals surface area contributed by atoms with Crippen LogP contribution in [0.3, 0.4) is 0 Å². The molecule has 1 aromatic rings. The molecule has 4 N–H and O–H groups in total. The van der Waals surface area contributed by atoms with Gasteiger partial charge in [-0.3, -0.25) is 9.59 Å². The minimum atomic E-state index is -0.597. The maximum atomic E-state index is 12.1. The summed E-state index contributed by atoms with van der Waals surface area (Å²) in [6, 6.07) is 5.54. The summed E-state index contributed by atoms with van der Waals surface area (Å²) in [5.41, 5.74) is 7.58. The molecule has 1 saturated carbocycles. The number of carbonyl (C=O) groups is 2. The molecule has 1 fully saturated rings. The van der Waals surface area contributed by atoms with Gasteiger partial charge in [0.05, 0.1) is 12.6 Å². The van der Waals surface area contributed by atoms with E-state index in [1.807, 2.05) is 38.6 Å². The van der Waals surface area contributed by atoms with Crippen LogP contribution in [0.25, 0.3) is 0 Å². The number of anilines is 1. The molecule has 0 radical (unpaired) electrons. The second-order valence-corrected chi connectivity index (χ2v) is 8.76. The molecule has 5 nitrogen and oxygen atoms in total. The molecule has 1 aromatic carbocycles. The van der Waals surface area contributed by atoms with Gasteiger partial charge in [0.2, 0.25) is 11.8 Å². The number of aryl methyl sites for hydroxylation is 1. The van der Waals surface area contributed by atoms with Crippen LogP contribution in [0.2, 0.25) is 0 Å². The highest BCUT2D eigenvalue weighted by Gasteiger charge is 2.18. The SMILES string of the molecule is Cc1cc(SC2CCCCC2)ccc1NC(=O)CNC(=O)[C@@H](N)C(C)C.Cl. The zero-order valence-electron chi connectivity index (χ0n) is 16.4. The van der Waals surface area contributed by atoms with E-state index in [9.17, 15) is 9.59 Å². The Bertz CT molecular complexity index is 634. The van der Waals surface area contributed by atoms with Gasteiger partial charge in [-0.15, -0.1) is 24.2 Å². The molecule has 7 heteroatoms. The lowest BCUT2D eigenvalue weighted by Gasteiger charge is -2.21. The summed E-state index contributed by atoms with van der Waals surface area (Å²) in [5.74, 6) is -0.509. The molecule has 0 aromatic heterocycles. The van der Waals surface area contributed by atoms with E-state index in [0.717, 1.165) is 11.3 Å². The number of hydrogen-bond donors (Lipinski definition) is 3. The fourth-order valence-corrected chi connectivity index (χ4v) is 4.35. The number of hydrogen-bond acceptors (Lipinski definition) is 4. The fourth-order valence-electron chi connectivity index (χ4n) is 3.01. The van der Waals surface area contributed by atoms with E-state index in [1.165, 1.54) is 37.0 Å². The van der Waals surface area contributed by atoms with Crippen molar-refractivity contribution in [2.75, 3.05) is 11.9 Å². The summed E-state index contributed by atoms with van der Waals surface area (Å²) in [4.78, 5) is 25.2. The Kier molecular flexibility index (Phi) is 10.2. The van der Waals surface area contributed by atoms with Gasteiger partial charge in [-0.2, -0.15) is 0 Å². The number of nitrogens with two attached hydrogens (primary N) is 1. The maximum Gasteiger partial charge on any atom is 0.243 e. The normalized spacial score (nSPS) is 15.7. The Morgan fingerprint density at radius 3 is 2.48 bits per heavy atom. The molecule has 27 heavy (non-hydrogen) atoms. The molecule has 0 saturated heterocycles. The van der Waals surface area contributed by atoms with Crippen molar-refractivity contribution < 1.29 is 9.59 Å².